The number of hydrogen-bond donors (Lipinski definition) is 3. The molecule has 35 heavy (non-hydrogen) atoms. The average Bonchev–Trinajstić information content (AvgIpc) is 3.25. The van der Waals surface area contributed by atoms with Crippen LogP contribution in [0.4, 0.5) is 10.3 Å². The number of sulfonamides is 1. The molecule has 1 aliphatic heterocycles. The molecule has 0 radical (unpaired) electrons. The van der Waals surface area contributed by atoms with Crippen LogP contribution in [0.2, 0.25) is 0 Å². The largest absolute Gasteiger partial charge is 0.352 e. The summed E-state index contributed by atoms with van der Waals surface area (Å²) < 4.78 is 40.2. The minimum Gasteiger partial charge on any atom is -0.352 e. The Balaban J connectivity index is 1.87. The number of anilines is 1. The van der Waals surface area contributed by atoms with Crippen LogP contribution in [0.5, 0.6) is 0 Å². The second-order valence-corrected chi connectivity index (χ2v) is 11.8. The molecule has 0 spiro atoms. The van der Waals surface area contributed by atoms with Gasteiger partial charge in [-0.3, -0.25) is 0 Å². The van der Waals surface area contributed by atoms with Gasteiger partial charge in [0.15, 0.2) is 0 Å². The Labute approximate surface area is 209 Å². The van der Waals surface area contributed by atoms with Gasteiger partial charge < -0.3 is 10.6 Å². The highest BCUT2D eigenvalue weighted by Gasteiger charge is 2.29. The van der Waals surface area contributed by atoms with Gasteiger partial charge in [0, 0.05) is 29.3 Å². The molecule has 8 nitrogen and oxygen atoms in total. The van der Waals surface area contributed by atoms with E-state index in [1.807, 2.05) is 13.8 Å². The Morgan fingerprint density at radius 3 is 2.63 bits per heavy atom. The predicted molar refractivity (Wildman–Crippen MR) is 138 cm³/mol. The first-order valence-electron chi connectivity index (χ1n) is 11.8. The zero-order valence-electron chi connectivity index (χ0n) is 20.1. The highest BCUT2D eigenvalue weighted by molar-refractivity contribution is 7.89. The summed E-state index contributed by atoms with van der Waals surface area (Å²) in [5, 5.41) is 11.8. The number of halogens is 1. The third-order valence-corrected chi connectivity index (χ3v) is 8.66. The summed E-state index contributed by atoms with van der Waals surface area (Å²) in [6.45, 7) is 7.48. The summed E-state index contributed by atoms with van der Waals surface area (Å²) in [5.74, 6) is 0.129. The molecule has 3 heterocycles. The lowest BCUT2D eigenvalue weighted by molar-refractivity contribution is 0.459. The van der Waals surface area contributed by atoms with Crippen molar-refractivity contribution in [3.63, 3.8) is 0 Å². The standard InChI is InChI=1S/C24H31FN6O2S2/c1-4-19(35(26,32)33)16-6-5-7-17(20(16)25)21-22(18-10-13-28-24(30-18)29-14(2)3)34-23(31-21)15-8-11-27-12-9-15/h5-7,10,13-15,19,27H,4,8-9,11-12H2,1-3H3,(H2,26,32,33)(H,28,29,30). The normalized spacial score (nSPS) is 15.9. The van der Waals surface area contributed by atoms with Crippen molar-refractivity contribution in [1.29, 1.82) is 0 Å². The second-order valence-electron chi connectivity index (χ2n) is 9.01. The van der Waals surface area contributed by atoms with E-state index in [0.717, 1.165) is 35.8 Å². The van der Waals surface area contributed by atoms with E-state index < -0.39 is 21.1 Å². The van der Waals surface area contributed by atoms with E-state index in [4.69, 9.17) is 10.1 Å². The summed E-state index contributed by atoms with van der Waals surface area (Å²) in [6.07, 6.45) is 3.73. The number of primary sulfonamides is 1. The summed E-state index contributed by atoms with van der Waals surface area (Å²) in [5.41, 5.74) is 1.40. The van der Waals surface area contributed by atoms with Crippen LogP contribution in [-0.4, -0.2) is 42.5 Å². The lowest BCUT2D eigenvalue weighted by atomic mass is 9.98. The number of thiazole rings is 1. The first-order valence-corrected chi connectivity index (χ1v) is 14.2. The van der Waals surface area contributed by atoms with E-state index in [2.05, 4.69) is 20.6 Å². The molecular weight excluding hydrogens is 487 g/mol. The van der Waals surface area contributed by atoms with E-state index in [-0.39, 0.29) is 29.5 Å². The van der Waals surface area contributed by atoms with Crippen molar-refractivity contribution in [2.24, 2.45) is 5.14 Å². The van der Waals surface area contributed by atoms with Crippen molar-refractivity contribution in [1.82, 2.24) is 20.3 Å². The Kier molecular flexibility index (Phi) is 7.80. The van der Waals surface area contributed by atoms with E-state index in [0.29, 0.717) is 17.3 Å². The van der Waals surface area contributed by atoms with Gasteiger partial charge in [0.05, 0.1) is 21.3 Å². The summed E-state index contributed by atoms with van der Waals surface area (Å²) >= 11 is 1.51. The Hall–Kier alpha value is -2.47. The maximum absolute atomic E-state index is 15.9. The second kappa shape index (κ2) is 10.7. The van der Waals surface area contributed by atoms with Gasteiger partial charge in [-0.05, 0) is 58.3 Å². The van der Waals surface area contributed by atoms with Crippen LogP contribution in [0.1, 0.15) is 61.8 Å². The van der Waals surface area contributed by atoms with Crippen molar-refractivity contribution in [2.45, 2.75) is 57.2 Å². The summed E-state index contributed by atoms with van der Waals surface area (Å²) in [7, 11) is -3.97. The summed E-state index contributed by atoms with van der Waals surface area (Å²) in [4.78, 5) is 14.6. The Morgan fingerprint density at radius 1 is 1.23 bits per heavy atom. The van der Waals surface area contributed by atoms with Gasteiger partial charge in [0.25, 0.3) is 0 Å². The average molecular weight is 519 g/mol. The van der Waals surface area contributed by atoms with Crippen LogP contribution in [0, 0.1) is 5.82 Å². The topological polar surface area (TPSA) is 123 Å². The molecule has 1 saturated heterocycles. The molecule has 1 aliphatic rings. The number of nitrogens with zero attached hydrogens (tertiary/aromatic N) is 3. The highest BCUT2D eigenvalue weighted by atomic mass is 32.2. The lowest BCUT2D eigenvalue weighted by Crippen LogP contribution is -2.26. The number of aromatic nitrogens is 3. The van der Waals surface area contributed by atoms with E-state index >= 15 is 4.39 Å². The van der Waals surface area contributed by atoms with Gasteiger partial charge >= 0.3 is 0 Å². The molecule has 1 atom stereocenters. The van der Waals surface area contributed by atoms with E-state index in [1.54, 1.807) is 31.3 Å². The number of hydrogen-bond acceptors (Lipinski definition) is 8. The lowest BCUT2D eigenvalue weighted by Gasteiger charge is -2.20. The van der Waals surface area contributed by atoms with Crippen molar-refractivity contribution < 1.29 is 12.8 Å². The molecule has 188 valence electrons. The van der Waals surface area contributed by atoms with Crippen molar-refractivity contribution in [3.05, 3.63) is 46.9 Å². The minimum atomic E-state index is -3.97. The van der Waals surface area contributed by atoms with Crippen molar-refractivity contribution >= 4 is 27.3 Å². The van der Waals surface area contributed by atoms with Crippen LogP contribution in [0.3, 0.4) is 0 Å². The van der Waals surface area contributed by atoms with Gasteiger partial charge in [-0.15, -0.1) is 11.3 Å². The zero-order chi connectivity index (χ0) is 25.2. The molecule has 0 bridgehead atoms. The number of rotatable bonds is 8. The minimum absolute atomic E-state index is 0.0553. The van der Waals surface area contributed by atoms with Gasteiger partial charge in [0.2, 0.25) is 16.0 Å². The van der Waals surface area contributed by atoms with Crippen molar-refractivity contribution in [3.8, 4) is 21.8 Å². The van der Waals surface area contributed by atoms with Gasteiger partial charge in [0.1, 0.15) is 11.1 Å². The van der Waals surface area contributed by atoms with Gasteiger partial charge in [-0.2, -0.15) is 0 Å². The number of nitrogens with two attached hydrogens (primary N) is 1. The third kappa shape index (κ3) is 5.69. The highest BCUT2D eigenvalue weighted by Crippen LogP contribution is 2.42. The third-order valence-electron chi connectivity index (χ3n) is 6.04. The van der Waals surface area contributed by atoms with Gasteiger partial charge in [-0.25, -0.2) is 32.9 Å². The number of benzene rings is 1. The molecule has 2 aromatic heterocycles. The fraction of sp³-hybridized carbons (Fsp3) is 0.458. The van der Waals surface area contributed by atoms with Crippen LogP contribution in [0.25, 0.3) is 21.8 Å². The molecule has 4 rings (SSSR count). The number of nitrogens with one attached hydrogen (secondary N) is 2. The maximum atomic E-state index is 15.9. The molecule has 0 saturated carbocycles. The molecule has 0 aliphatic carbocycles. The molecule has 3 aromatic rings. The molecule has 1 fully saturated rings. The molecular formula is C24H31FN6O2S2. The zero-order valence-corrected chi connectivity index (χ0v) is 21.7. The Bertz CT molecular complexity index is 1290. The molecule has 11 heteroatoms. The molecule has 1 aromatic carbocycles. The summed E-state index contributed by atoms with van der Waals surface area (Å²) in [6, 6.07) is 6.70. The van der Waals surface area contributed by atoms with Crippen LogP contribution >= 0.6 is 11.3 Å². The van der Waals surface area contributed by atoms with Crippen LogP contribution in [-0.2, 0) is 10.0 Å². The molecule has 4 N–H and O–H groups in total. The monoisotopic (exact) mass is 518 g/mol. The number of piperidine rings is 1. The fourth-order valence-electron chi connectivity index (χ4n) is 4.36. The molecule has 1 unspecified atom stereocenters. The van der Waals surface area contributed by atoms with Crippen LogP contribution in [0.15, 0.2) is 30.5 Å². The fourth-order valence-corrected chi connectivity index (χ4v) is 6.58. The van der Waals surface area contributed by atoms with E-state index in [9.17, 15) is 8.42 Å². The van der Waals surface area contributed by atoms with Gasteiger partial charge in [-0.1, -0.05) is 19.1 Å². The molecule has 0 amide bonds. The first-order chi connectivity index (χ1) is 16.7. The SMILES string of the molecule is CCC(c1cccc(-c2nc(C3CCNCC3)sc2-c2ccnc(NC(C)C)n2)c1F)S(N)(=O)=O. The van der Waals surface area contributed by atoms with Crippen LogP contribution < -0.4 is 15.8 Å². The maximum Gasteiger partial charge on any atom is 0.223 e. The van der Waals surface area contributed by atoms with Crippen molar-refractivity contribution in [2.75, 3.05) is 18.4 Å². The Morgan fingerprint density at radius 2 is 1.97 bits per heavy atom. The predicted octanol–water partition coefficient (Wildman–Crippen LogP) is 4.43. The van der Waals surface area contributed by atoms with E-state index in [1.165, 1.54) is 17.4 Å². The quantitative estimate of drug-likeness (QED) is 0.403. The smallest absolute Gasteiger partial charge is 0.223 e. The first kappa shape index (κ1) is 25.6.